The number of pyridine rings is 1. The van der Waals surface area contributed by atoms with Crippen LogP contribution in [0.25, 0.3) is 0 Å². The molecule has 0 radical (unpaired) electrons. The van der Waals surface area contributed by atoms with Crippen LogP contribution in [0.4, 0.5) is 0 Å². The summed E-state index contributed by atoms with van der Waals surface area (Å²) in [4.78, 5) is 4.24. The van der Waals surface area contributed by atoms with Gasteiger partial charge < -0.3 is 5.11 Å². The second kappa shape index (κ2) is 7.31. The zero-order valence-electron chi connectivity index (χ0n) is 12.3. The molecule has 118 valence electrons. The smallest absolute Gasteiger partial charge is 0.279 e. The lowest BCUT2D eigenvalue weighted by Gasteiger charge is -2.30. The molecule has 2 heterocycles. The fourth-order valence-corrected chi connectivity index (χ4v) is 3.88. The van der Waals surface area contributed by atoms with Crippen LogP contribution >= 0.6 is 0 Å². The Morgan fingerprint density at radius 2 is 2.33 bits per heavy atom. The first kappa shape index (κ1) is 16.4. The largest absolute Gasteiger partial charge is 0.396 e. The van der Waals surface area contributed by atoms with Crippen LogP contribution in [0.3, 0.4) is 0 Å². The minimum absolute atomic E-state index is 0.0340. The van der Waals surface area contributed by atoms with Crippen LogP contribution in [-0.2, 0) is 23.2 Å². The monoisotopic (exact) mass is 313 g/mol. The van der Waals surface area contributed by atoms with Gasteiger partial charge in [0.25, 0.3) is 10.2 Å². The van der Waals surface area contributed by atoms with Crippen molar-refractivity contribution in [2.75, 3.05) is 19.7 Å². The molecule has 0 bridgehead atoms. The highest BCUT2D eigenvalue weighted by Gasteiger charge is 2.28. The van der Waals surface area contributed by atoms with Gasteiger partial charge in [-0.05, 0) is 36.8 Å². The molecule has 1 aliphatic rings. The van der Waals surface area contributed by atoms with E-state index in [9.17, 15) is 13.5 Å². The van der Waals surface area contributed by atoms with E-state index in [0.29, 0.717) is 13.1 Å². The lowest BCUT2D eigenvalue weighted by atomic mass is 10.0. The maximum Gasteiger partial charge on any atom is 0.279 e. The third kappa shape index (κ3) is 4.23. The Morgan fingerprint density at radius 1 is 1.52 bits per heavy atom. The van der Waals surface area contributed by atoms with E-state index in [4.69, 9.17) is 0 Å². The summed E-state index contributed by atoms with van der Waals surface area (Å²) >= 11 is 0. The second-order valence-electron chi connectivity index (χ2n) is 5.34. The van der Waals surface area contributed by atoms with E-state index in [-0.39, 0.29) is 19.1 Å². The summed E-state index contributed by atoms with van der Waals surface area (Å²) in [5.74, 6) is 0.0383. The minimum atomic E-state index is -3.52. The molecular formula is C14H23N3O3S. The molecule has 1 unspecified atom stereocenters. The molecule has 0 spiro atoms. The molecule has 7 heteroatoms. The second-order valence-corrected chi connectivity index (χ2v) is 7.09. The highest BCUT2D eigenvalue weighted by molar-refractivity contribution is 7.87. The maximum absolute atomic E-state index is 12.3. The molecule has 0 saturated carbocycles. The number of rotatable bonds is 6. The van der Waals surface area contributed by atoms with Gasteiger partial charge in [0.05, 0.1) is 12.2 Å². The average molecular weight is 313 g/mol. The SMILES string of the molecule is CCc1cccnc1CNS(=O)(=O)N1CCCC(CO)C1. The van der Waals surface area contributed by atoms with Crippen molar-refractivity contribution in [2.24, 2.45) is 5.92 Å². The van der Waals surface area contributed by atoms with E-state index in [2.05, 4.69) is 9.71 Å². The van der Waals surface area contributed by atoms with Gasteiger partial charge in [-0.2, -0.15) is 17.4 Å². The molecule has 1 aromatic rings. The van der Waals surface area contributed by atoms with Crippen LogP contribution in [-0.4, -0.2) is 42.5 Å². The van der Waals surface area contributed by atoms with Gasteiger partial charge in [-0.1, -0.05) is 13.0 Å². The Morgan fingerprint density at radius 3 is 3.05 bits per heavy atom. The van der Waals surface area contributed by atoms with Crippen LogP contribution in [0.5, 0.6) is 0 Å². The number of piperidine rings is 1. The van der Waals surface area contributed by atoms with Crippen molar-refractivity contribution in [3.8, 4) is 0 Å². The number of nitrogens with zero attached hydrogens (tertiary/aromatic N) is 2. The van der Waals surface area contributed by atoms with Gasteiger partial charge in [0.2, 0.25) is 0 Å². The van der Waals surface area contributed by atoms with Crippen LogP contribution in [0.2, 0.25) is 0 Å². The normalized spacial score (nSPS) is 20.6. The predicted molar refractivity (Wildman–Crippen MR) is 80.8 cm³/mol. The Labute approximate surface area is 126 Å². The molecule has 0 amide bonds. The Hall–Kier alpha value is -1.02. The van der Waals surface area contributed by atoms with Gasteiger partial charge in [0, 0.05) is 25.9 Å². The topological polar surface area (TPSA) is 82.5 Å². The molecule has 1 fully saturated rings. The first-order chi connectivity index (χ1) is 10.1. The highest BCUT2D eigenvalue weighted by atomic mass is 32.2. The first-order valence-electron chi connectivity index (χ1n) is 7.35. The van der Waals surface area contributed by atoms with Gasteiger partial charge >= 0.3 is 0 Å². The number of aliphatic hydroxyl groups excluding tert-OH is 1. The summed E-state index contributed by atoms with van der Waals surface area (Å²) < 4.78 is 28.7. The maximum atomic E-state index is 12.3. The van der Waals surface area contributed by atoms with Crippen molar-refractivity contribution >= 4 is 10.2 Å². The van der Waals surface area contributed by atoms with Crippen molar-refractivity contribution < 1.29 is 13.5 Å². The molecule has 0 aromatic carbocycles. The van der Waals surface area contributed by atoms with Crippen LogP contribution < -0.4 is 4.72 Å². The van der Waals surface area contributed by atoms with Gasteiger partial charge in [-0.15, -0.1) is 0 Å². The zero-order valence-corrected chi connectivity index (χ0v) is 13.1. The number of aromatic nitrogens is 1. The van der Waals surface area contributed by atoms with E-state index in [0.717, 1.165) is 30.5 Å². The summed E-state index contributed by atoms with van der Waals surface area (Å²) in [5.41, 5.74) is 1.81. The minimum Gasteiger partial charge on any atom is -0.396 e. The molecule has 2 rings (SSSR count). The van der Waals surface area contributed by atoms with E-state index in [1.807, 2.05) is 19.1 Å². The summed E-state index contributed by atoms with van der Waals surface area (Å²) in [5, 5.41) is 9.20. The zero-order chi connectivity index (χ0) is 15.3. The molecule has 0 aliphatic carbocycles. The fourth-order valence-electron chi connectivity index (χ4n) is 2.60. The Kier molecular flexibility index (Phi) is 5.69. The number of hydrogen-bond donors (Lipinski definition) is 2. The standard InChI is InChI=1S/C14H23N3O3S/c1-2-13-6-3-7-15-14(13)9-16-21(19,20)17-8-4-5-12(10-17)11-18/h3,6-7,12,16,18H,2,4-5,8-11H2,1H3. The molecule has 1 atom stereocenters. The Balaban J connectivity index is 2.01. The fraction of sp³-hybridized carbons (Fsp3) is 0.643. The van der Waals surface area contributed by atoms with Crippen molar-refractivity contribution in [3.05, 3.63) is 29.6 Å². The summed E-state index contributed by atoms with van der Waals surface area (Å²) in [6.45, 7) is 3.15. The predicted octanol–water partition coefficient (Wildman–Crippen LogP) is 0.683. The van der Waals surface area contributed by atoms with Crippen molar-refractivity contribution in [1.29, 1.82) is 0 Å². The number of aryl methyl sites for hydroxylation is 1. The molecule has 1 aromatic heterocycles. The molecule has 2 N–H and O–H groups in total. The summed E-state index contributed by atoms with van der Waals surface area (Å²) in [6, 6.07) is 3.81. The molecule has 1 aliphatic heterocycles. The first-order valence-corrected chi connectivity index (χ1v) is 8.79. The van der Waals surface area contributed by atoms with Gasteiger partial charge in [-0.25, -0.2) is 0 Å². The number of hydrogen-bond acceptors (Lipinski definition) is 4. The lowest BCUT2D eigenvalue weighted by molar-refractivity contribution is 0.164. The number of nitrogens with one attached hydrogen (secondary N) is 1. The van der Waals surface area contributed by atoms with E-state index >= 15 is 0 Å². The van der Waals surface area contributed by atoms with Gasteiger partial charge in [0.1, 0.15) is 0 Å². The third-order valence-electron chi connectivity index (χ3n) is 3.87. The van der Waals surface area contributed by atoms with Crippen molar-refractivity contribution in [2.45, 2.75) is 32.7 Å². The molecule has 21 heavy (non-hydrogen) atoms. The van der Waals surface area contributed by atoms with E-state index < -0.39 is 10.2 Å². The quantitative estimate of drug-likeness (QED) is 0.809. The molecular weight excluding hydrogens is 290 g/mol. The Bertz CT molecular complexity index is 562. The van der Waals surface area contributed by atoms with Crippen LogP contribution in [0.15, 0.2) is 18.3 Å². The van der Waals surface area contributed by atoms with E-state index in [1.165, 1.54) is 4.31 Å². The van der Waals surface area contributed by atoms with Crippen LogP contribution in [0.1, 0.15) is 31.0 Å². The summed E-state index contributed by atoms with van der Waals surface area (Å²) in [6.07, 6.45) is 4.16. The third-order valence-corrected chi connectivity index (χ3v) is 5.39. The average Bonchev–Trinajstić information content (AvgIpc) is 2.53. The highest BCUT2D eigenvalue weighted by Crippen LogP contribution is 2.18. The number of aliphatic hydroxyl groups is 1. The van der Waals surface area contributed by atoms with Crippen molar-refractivity contribution in [3.63, 3.8) is 0 Å². The van der Waals surface area contributed by atoms with Gasteiger partial charge in [0.15, 0.2) is 0 Å². The molecule has 1 saturated heterocycles. The lowest BCUT2D eigenvalue weighted by Crippen LogP contribution is -2.46. The van der Waals surface area contributed by atoms with E-state index in [1.54, 1.807) is 6.20 Å². The van der Waals surface area contributed by atoms with Crippen molar-refractivity contribution in [1.82, 2.24) is 14.0 Å². The molecule has 6 nitrogen and oxygen atoms in total. The summed E-state index contributed by atoms with van der Waals surface area (Å²) in [7, 11) is -3.52. The van der Waals surface area contributed by atoms with Gasteiger partial charge in [-0.3, -0.25) is 4.98 Å². The van der Waals surface area contributed by atoms with Crippen LogP contribution in [0, 0.1) is 5.92 Å².